The van der Waals surface area contributed by atoms with E-state index in [1.165, 1.54) is 0 Å². The van der Waals surface area contributed by atoms with Crippen LogP contribution in [0.2, 0.25) is 0 Å². The molecule has 1 aromatic carbocycles. The summed E-state index contributed by atoms with van der Waals surface area (Å²) in [4.78, 5) is 9.08. The van der Waals surface area contributed by atoms with E-state index in [0.29, 0.717) is 50.0 Å². The molecule has 5 rings (SSSR count). The van der Waals surface area contributed by atoms with Crippen LogP contribution in [-0.2, 0) is 21.9 Å². The van der Waals surface area contributed by atoms with Gasteiger partial charge in [0.2, 0.25) is 15.9 Å². The van der Waals surface area contributed by atoms with E-state index in [0.717, 1.165) is 30.1 Å². The molecule has 0 unspecified atom stereocenters. The molecule has 1 saturated heterocycles. The number of sulfonamides is 1. The van der Waals surface area contributed by atoms with E-state index < -0.39 is 15.4 Å². The Kier molecular flexibility index (Phi) is 5.18. The Hall–Kier alpha value is -2.52. The molecule has 1 aliphatic carbocycles. The SMILES string of the molecule is CCS(=O)(=O)N1CCC(c2ccccc2)(c2nc(Cc3cnc(C4CC4)o3)no2)CC1. The minimum Gasteiger partial charge on any atom is -0.445 e. The Morgan fingerprint density at radius 3 is 2.58 bits per heavy atom. The van der Waals surface area contributed by atoms with Crippen molar-refractivity contribution >= 4 is 10.0 Å². The first-order valence-electron chi connectivity index (χ1n) is 10.8. The number of oxazole rings is 1. The van der Waals surface area contributed by atoms with Crippen LogP contribution in [0.1, 0.15) is 67.5 Å². The third kappa shape index (κ3) is 3.92. The molecule has 31 heavy (non-hydrogen) atoms. The number of nitrogens with zero attached hydrogens (tertiary/aromatic N) is 4. The molecule has 1 saturated carbocycles. The van der Waals surface area contributed by atoms with Crippen LogP contribution in [0.4, 0.5) is 0 Å². The fraction of sp³-hybridized carbons (Fsp3) is 0.500. The van der Waals surface area contributed by atoms with Crippen molar-refractivity contribution in [2.75, 3.05) is 18.8 Å². The van der Waals surface area contributed by atoms with Gasteiger partial charge in [-0.15, -0.1) is 0 Å². The summed E-state index contributed by atoms with van der Waals surface area (Å²) < 4.78 is 37.9. The van der Waals surface area contributed by atoms with E-state index in [-0.39, 0.29) is 5.75 Å². The Labute approximate surface area is 181 Å². The summed E-state index contributed by atoms with van der Waals surface area (Å²) in [6.45, 7) is 2.53. The van der Waals surface area contributed by atoms with Crippen LogP contribution in [0.3, 0.4) is 0 Å². The van der Waals surface area contributed by atoms with Gasteiger partial charge in [-0.3, -0.25) is 0 Å². The van der Waals surface area contributed by atoms with Gasteiger partial charge in [0, 0.05) is 19.0 Å². The molecule has 3 aromatic rings. The van der Waals surface area contributed by atoms with E-state index in [2.05, 4.69) is 10.1 Å². The number of benzene rings is 1. The molecule has 2 aromatic heterocycles. The van der Waals surface area contributed by atoms with Gasteiger partial charge in [0.15, 0.2) is 11.7 Å². The molecule has 1 aliphatic heterocycles. The molecule has 0 atom stereocenters. The summed E-state index contributed by atoms with van der Waals surface area (Å²) in [5.41, 5.74) is 0.557. The van der Waals surface area contributed by atoms with Crippen molar-refractivity contribution in [2.45, 2.75) is 50.4 Å². The average Bonchev–Trinajstić information content (AvgIpc) is 3.37. The monoisotopic (exact) mass is 442 g/mol. The van der Waals surface area contributed by atoms with E-state index in [9.17, 15) is 8.42 Å². The fourth-order valence-corrected chi connectivity index (χ4v) is 5.42. The Bertz CT molecular complexity index is 1140. The van der Waals surface area contributed by atoms with Gasteiger partial charge in [0.05, 0.1) is 23.8 Å². The van der Waals surface area contributed by atoms with Crippen molar-refractivity contribution in [3.63, 3.8) is 0 Å². The lowest BCUT2D eigenvalue weighted by Crippen LogP contribution is -2.46. The molecular formula is C22H26N4O4S. The van der Waals surface area contributed by atoms with Gasteiger partial charge in [-0.2, -0.15) is 4.98 Å². The Morgan fingerprint density at radius 1 is 1.16 bits per heavy atom. The first-order valence-corrected chi connectivity index (χ1v) is 12.4. The minimum absolute atomic E-state index is 0.107. The van der Waals surface area contributed by atoms with Crippen LogP contribution in [-0.4, -0.2) is 46.7 Å². The highest BCUT2D eigenvalue weighted by Gasteiger charge is 2.44. The number of hydrogen-bond donors (Lipinski definition) is 0. The molecule has 0 radical (unpaired) electrons. The topological polar surface area (TPSA) is 102 Å². The van der Waals surface area contributed by atoms with Crippen molar-refractivity contribution in [2.24, 2.45) is 0 Å². The van der Waals surface area contributed by atoms with Gasteiger partial charge in [0.1, 0.15) is 5.76 Å². The highest BCUT2D eigenvalue weighted by Crippen LogP contribution is 2.42. The second-order valence-corrected chi connectivity index (χ2v) is 10.6. The number of rotatable bonds is 7. The molecule has 164 valence electrons. The van der Waals surface area contributed by atoms with Crippen LogP contribution in [0.5, 0.6) is 0 Å². The third-order valence-electron chi connectivity index (χ3n) is 6.37. The second kappa shape index (κ2) is 7.87. The summed E-state index contributed by atoms with van der Waals surface area (Å²) in [5.74, 6) is 3.17. The lowest BCUT2D eigenvalue weighted by molar-refractivity contribution is 0.214. The quantitative estimate of drug-likeness (QED) is 0.553. The van der Waals surface area contributed by atoms with Crippen molar-refractivity contribution in [3.8, 4) is 0 Å². The average molecular weight is 443 g/mol. The highest BCUT2D eigenvalue weighted by molar-refractivity contribution is 7.89. The van der Waals surface area contributed by atoms with Gasteiger partial charge in [0.25, 0.3) is 0 Å². The van der Waals surface area contributed by atoms with Crippen LogP contribution in [0, 0.1) is 0 Å². The van der Waals surface area contributed by atoms with Crippen molar-refractivity contribution in [1.82, 2.24) is 19.4 Å². The summed E-state index contributed by atoms with van der Waals surface area (Å²) >= 11 is 0. The standard InChI is InChI=1S/C22H26N4O4S/c1-2-31(27,28)26-12-10-22(11-13-26,17-6-4-3-5-7-17)21-24-19(25-30-21)14-18-15-23-20(29-18)16-8-9-16/h3-7,15-16H,2,8-14H2,1H3. The molecule has 8 nitrogen and oxygen atoms in total. The third-order valence-corrected chi connectivity index (χ3v) is 8.25. The minimum atomic E-state index is -3.22. The first-order chi connectivity index (χ1) is 15.0. The number of aromatic nitrogens is 3. The predicted octanol–water partition coefficient (Wildman–Crippen LogP) is 3.26. The summed E-state index contributed by atoms with van der Waals surface area (Å²) in [5, 5.41) is 4.21. The van der Waals surface area contributed by atoms with Crippen molar-refractivity contribution in [3.05, 3.63) is 65.5 Å². The van der Waals surface area contributed by atoms with Gasteiger partial charge in [-0.25, -0.2) is 17.7 Å². The molecule has 2 fully saturated rings. The smallest absolute Gasteiger partial charge is 0.237 e. The largest absolute Gasteiger partial charge is 0.445 e. The van der Waals surface area contributed by atoms with Crippen LogP contribution < -0.4 is 0 Å². The lowest BCUT2D eigenvalue weighted by Gasteiger charge is -2.39. The first kappa shape index (κ1) is 20.4. The maximum Gasteiger partial charge on any atom is 0.237 e. The lowest BCUT2D eigenvalue weighted by atomic mass is 9.73. The molecule has 0 amide bonds. The zero-order chi connectivity index (χ0) is 21.5. The van der Waals surface area contributed by atoms with Crippen LogP contribution >= 0.6 is 0 Å². The Balaban J connectivity index is 1.41. The van der Waals surface area contributed by atoms with Crippen LogP contribution in [0.15, 0.2) is 45.5 Å². The zero-order valence-corrected chi connectivity index (χ0v) is 18.3. The number of hydrogen-bond acceptors (Lipinski definition) is 7. The Morgan fingerprint density at radius 2 is 1.90 bits per heavy atom. The maximum atomic E-state index is 12.4. The van der Waals surface area contributed by atoms with Gasteiger partial charge in [-0.05, 0) is 38.2 Å². The maximum absolute atomic E-state index is 12.4. The van der Waals surface area contributed by atoms with Gasteiger partial charge < -0.3 is 8.94 Å². The fourth-order valence-electron chi connectivity index (χ4n) is 4.31. The van der Waals surface area contributed by atoms with E-state index in [1.807, 2.05) is 30.3 Å². The predicted molar refractivity (Wildman–Crippen MR) is 113 cm³/mol. The van der Waals surface area contributed by atoms with E-state index in [1.54, 1.807) is 17.4 Å². The molecule has 0 spiro atoms. The molecule has 2 aliphatic rings. The van der Waals surface area contributed by atoms with Crippen LogP contribution in [0.25, 0.3) is 0 Å². The number of piperidine rings is 1. The molecule has 0 bridgehead atoms. The molecule has 3 heterocycles. The van der Waals surface area contributed by atoms with Crippen molar-refractivity contribution < 1.29 is 17.4 Å². The van der Waals surface area contributed by atoms with Gasteiger partial charge in [-0.1, -0.05) is 35.5 Å². The van der Waals surface area contributed by atoms with Crippen molar-refractivity contribution in [1.29, 1.82) is 0 Å². The second-order valence-electron chi connectivity index (χ2n) is 8.38. The summed E-state index contributed by atoms with van der Waals surface area (Å²) in [7, 11) is -3.22. The zero-order valence-electron chi connectivity index (χ0n) is 17.5. The van der Waals surface area contributed by atoms with E-state index >= 15 is 0 Å². The summed E-state index contributed by atoms with van der Waals surface area (Å²) in [6.07, 6.45) is 5.61. The normalized spacial score (nSPS) is 19.5. The summed E-state index contributed by atoms with van der Waals surface area (Å²) in [6, 6.07) is 10.0. The molecule has 9 heteroatoms. The highest BCUT2D eigenvalue weighted by atomic mass is 32.2. The molecule has 0 N–H and O–H groups in total. The molecular weight excluding hydrogens is 416 g/mol. The van der Waals surface area contributed by atoms with E-state index in [4.69, 9.17) is 13.9 Å². The van der Waals surface area contributed by atoms with Gasteiger partial charge >= 0.3 is 0 Å².